The smallest absolute Gasteiger partial charge is 0.108 e. The summed E-state index contributed by atoms with van der Waals surface area (Å²) in [7, 11) is 0. The van der Waals surface area contributed by atoms with Crippen molar-refractivity contribution >= 4 is 12.4 Å². The minimum absolute atomic E-state index is 0. The van der Waals surface area contributed by atoms with Gasteiger partial charge in [0, 0.05) is 12.1 Å². The van der Waals surface area contributed by atoms with Crippen LogP contribution in [0.2, 0.25) is 0 Å². The van der Waals surface area contributed by atoms with E-state index in [1.54, 1.807) is 0 Å². The van der Waals surface area contributed by atoms with Gasteiger partial charge in [-0.15, -0.1) is 12.4 Å². The van der Waals surface area contributed by atoms with Gasteiger partial charge < -0.3 is 4.98 Å². The Labute approximate surface area is 80.2 Å². The van der Waals surface area contributed by atoms with Gasteiger partial charge in [0.15, 0.2) is 0 Å². The average molecular weight is 189 g/mol. The summed E-state index contributed by atoms with van der Waals surface area (Å²) < 4.78 is 0. The summed E-state index contributed by atoms with van der Waals surface area (Å²) >= 11 is 0. The zero-order valence-electron chi connectivity index (χ0n) is 8.09. The topological polar surface area (TPSA) is 28.7 Å². The molecule has 0 radical (unpaired) electrons. The molecule has 0 atom stereocenters. The van der Waals surface area contributed by atoms with E-state index in [1.807, 2.05) is 6.20 Å². The lowest BCUT2D eigenvalue weighted by atomic mass is 10.1. The summed E-state index contributed by atoms with van der Waals surface area (Å²) in [5.41, 5.74) is 1.16. The van der Waals surface area contributed by atoms with E-state index in [1.165, 1.54) is 0 Å². The standard InChI is InChI=1S/C9H16N2.ClH/c1-6(2)8-5-10-9(11-8)7(3)4;/h5-7H,1-4H3,(H,10,11);1H. The maximum atomic E-state index is 4.45. The minimum atomic E-state index is 0. The van der Waals surface area contributed by atoms with Crippen molar-refractivity contribution < 1.29 is 0 Å². The third-order valence-electron chi connectivity index (χ3n) is 1.76. The van der Waals surface area contributed by atoms with Crippen LogP contribution >= 0.6 is 12.4 Å². The number of imidazole rings is 1. The molecular formula is C9H17ClN2. The normalized spacial score (nSPS) is 10.5. The molecule has 0 fully saturated rings. The number of rotatable bonds is 2. The van der Waals surface area contributed by atoms with Crippen LogP contribution in [0.4, 0.5) is 0 Å². The van der Waals surface area contributed by atoms with E-state index < -0.39 is 0 Å². The summed E-state index contributed by atoms with van der Waals surface area (Å²) in [5.74, 6) is 2.12. The molecule has 1 aromatic heterocycles. The van der Waals surface area contributed by atoms with Crippen molar-refractivity contribution in [2.24, 2.45) is 0 Å². The summed E-state index contributed by atoms with van der Waals surface area (Å²) in [6.45, 7) is 8.59. The molecule has 3 heteroatoms. The Balaban J connectivity index is 0.00000121. The first-order valence-electron chi connectivity index (χ1n) is 4.16. The second-order valence-corrected chi connectivity index (χ2v) is 3.52. The van der Waals surface area contributed by atoms with E-state index in [4.69, 9.17) is 0 Å². The average Bonchev–Trinajstić information content (AvgIpc) is 2.33. The maximum absolute atomic E-state index is 4.45. The van der Waals surface area contributed by atoms with Crippen LogP contribution in [-0.4, -0.2) is 9.97 Å². The van der Waals surface area contributed by atoms with Gasteiger partial charge in [-0.25, -0.2) is 4.98 Å². The molecular weight excluding hydrogens is 172 g/mol. The number of halogens is 1. The quantitative estimate of drug-likeness (QED) is 0.760. The second-order valence-electron chi connectivity index (χ2n) is 3.52. The summed E-state index contributed by atoms with van der Waals surface area (Å²) in [4.78, 5) is 7.63. The van der Waals surface area contributed by atoms with Crippen LogP contribution in [-0.2, 0) is 0 Å². The van der Waals surface area contributed by atoms with E-state index in [0.717, 1.165) is 11.5 Å². The van der Waals surface area contributed by atoms with Crippen molar-refractivity contribution in [2.75, 3.05) is 0 Å². The molecule has 0 saturated carbocycles. The van der Waals surface area contributed by atoms with Crippen LogP contribution in [0.3, 0.4) is 0 Å². The fraction of sp³-hybridized carbons (Fsp3) is 0.667. The van der Waals surface area contributed by atoms with Gasteiger partial charge in [0.25, 0.3) is 0 Å². The SMILES string of the molecule is CC(C)c1c[nH]c(C(C)C)n1.Cl. The van der Waals surface area contributed by atoms with Crippen LogP contribution in [0.15, 0.2) is 6.20 Å². The van der Waals surface area contributed by atoms with Crippen LogP contribution in [0.5, 0.6) is 0 Å². The molecule has 1 aromatic rings. The Morgan fingerprint density at radius 1 is 1.17 bits per heavy atom. The van der Waals surface area contributed by atoms with Crippen molar-refractivity contribution in [3.63, 3.8) is 0 Å². The van der Waals surface area contributed by atoms with Crippen molar-refractivity contribution in [1.29, 1.82) is 0 Å². The Hall–Kier alpha value is -0.500. The monoisotopic (exact) mass is 188 g/mol. The van der Waals surface area contributed by atoms with Crippen LogP contribution < -0.4 is 0 Å². The zero-order valence-corrected chi connectivity index (χ0v) is 8.90. The van der Waals surface area contributed by atoms with Crippen molar-refractivity contribution in [2.45, 2.75) is 39.5 Å². The number of nitrogens with one attached hydrogen (secondary N) is 1. The molecule has 0 aliphatic heterocycles. The zero-order chi connectivity index (χ0) is 8.43. The Kier molecular flexibility index (Phi) is 4.32. The highest BCUT2D eigenvalue weighted by Gasteiger charge is 2.06. The Morgan fingerprint density at radius 2 is 1.75 bits per heavy atom. The molecule has 0 aliphatic carbocycles. The number of nitrogens with zero attached hydrogens (tertiary/aromatic N) is 1. The van der Waals surface area contributed by atoms with Gasteiger partial charge in [-0.2, -0.15) is 0 Å². The molecule has 70 valence electrons. The van der Waals surface area contributed by atoms with E-state index >= 15 is 0 Å². The molecule has 1 rings (SSSR count). The maximum Gasteiger partial charge on any atom is 0.108 e. The Morgan fingerprint density at radius 3 is 2.00 bits per heavy atom. The molecule has 1 N–H and O–H groups in total. The number of aromatic amines is 1. The Bertz CT molecular complexity index is 206. The molecule has 0 saturated heterocycles. The van der Waals surface area contributed by atoms with Crippen LogP contribution in [0, 0.1) is 0 Å². The van der Waals surface area contributed by atoms with Crippen LogP contribution in [0.1, 0.15) is 51.0 Å². The first-order chi connectivity index (χ1) is 5.11. The summed E-state index contributed by atoms with van der Waals surface area (Å²) in [6, 6.07) is 0. The highest BCUT2D eigenvalue weighted by atomic mass is 35.5. The predicted octanol–water partition coefficient (Wildman–Crippen LogP) is 3.08. The fourth-order valence-electron chi connectivity index (χ4n) is 0.943. The van der Waals surface area contributed by atoms with Gasteiger partial charge in [0.1, 0.15) is 5.82 Å². The van der Waals surface area contributed by atoms with Gasteiger partial charge >= 0.3 is 0 Å². The molecule has 0 aromatic carbocycles. The third kappa shape index (κ3) is 2.52. The molecule has 0 unspecified atom stereocenters. The molecule has 1 heterocycles. The lowest BCUT2D eigenvalue weighted by Crippen LogP contribution is -1.91. The van der Waals surface area contributed by atoms with E-state index in [-0.39, 0.29) is 12.4 Å². The first-order valence-corrected chi connectivity index (χ1v) is 4.16. The third-order valence-corrected chi connectivity index (χ3v) is 1.76. The number of aromatic nitrogens is 2. The highest BCUT2D eigenvalue weighted by molar-refractivity contribution is 5.85. The van der Waals surface area contributed by atoms with Gasteiger partial charge in [0.05, 0.1) is 5.69 Å². The summed E-state index contributed by atoms with van der Waals surface area (Å²) in [5, 5.41) is 0. The van der Waals surface area contributed by atoms with Crippen molar-refractivity contribution in [1.82, 2.24) is 9.97 Å². The lowest BCUT2D eigenvalue weighted by molar-refractivity contribution is 0.771. The first kappa shape index (κ1) is 11.5. The predicted molar refractivity (Wildman–Crippen MR) is 54.0 cm³/mol. The van der Waals surface area contributed by atoms with Gasteiger partial charge in [-0.1, -0.05) is 27.7 Å². The van der Waals surface area contributed by atoms with Crippen molar-refractivity contribution in [3.8, 4) is 0 Å². The van der Waals surface area contributed by atoms with Crippen LogP contribution in [0.25, 0.3) is 0 Å². The summed E-state index contributed by atoms with van der Waals surface area (Å²) in [6.07, 6.45) is 2.00. The molecule has 0 amide bonds. The van der Waals surface area contributed by atoms with E-state index in [9.17, 15) is 0 Å². The minimum Gasteiger partial charge on any atom is -0.348 e. The molecule has 2 nitrogen and oxygen atoms in total. The lowest BCUT2D eigenvalue weighted by Gasteiger charge is -1.98. The second kappa shape index (κ2) is 4.51. The highest BCUT2D eigenvalue weighted by Crippen LogP contribution is 2.15. The van der Waals surface area contributed by atoms with E-state index in [0.29, 0.717) is 11.8 Å². The number of H-pyrrole nitrogens is 1. The molecule has 0 spiro atoms. The fourth-order valence-corrected chi connectivity index (χ4v) is 0.943. The largest absolute Gasteiger partial charge is 0.348 e. The molecule has 0 aliphatic rings. The molecule has 12 heavy (non-hydrogen) atoms. The van der Waals surface area contributed by atoms with Gasteiger partial charge in [-0.3, -0.25) is 0 Å². The van der Waals surface area contributed by atoms with E-state index in [2.05, 4.69) is 37.7 Å². The number of hydrogen-bond acceptors (Lipinski definition) is 1. The van der Waals surface area contributed by atoms with Crippen molar-refractivity contribution in [3.05, 3.63) is 17.7 Å². The van der Waals surface area contributed by atoms with Gasteiger partial charge in [-0.05, 0) is 5.92 Å². The number of hydrogen-bond donors (Lipinski definition) is 1. The van der Waals surface area contributed by atoms with Gasteiger partial charge in [0.2, 0.25) is 0 Å². The molecule has 0 bridgehead atoms.